The third kappa shape index (κ3) is 4.46. The number of pyridine rings is 1. The summed E-state index contributed by atoms with van der Waals surface area (Å²) in [5.41, 5.74) is 7.90. The summed E-state index contributed by atoms with van der Waals surface area (Å²) in [4.78, 5) is 18.8. The Labute approximate surface area is 175 Å². The lowest BCUT2D eigenvalue weighted by Crippen LogP contribution is -2.47. The second kappa shape index (κ2) is 8.43. The van der Waals surface area contributed by atoms with Gasteiger partial charge in [-0.15, -0.1) is 4.40 Å². The first-order valence-electron chi connectivity index (χ1n) is 9.94. The number of hydrogen-bond acceptors (Lipinski definition) is 6. The molecule has 2 N–H and O–H groups in total. The van der Waals surface area contributed by atoms with Crippen molar-refractivity contribution < 1.29 is 17.9 Å². The van der Waals surface area contributed by atoms with Crippen LogP contribution in [0.15, 0.2) is 47.1 Å². The highest BCUT2D eigenvalue weighted by atomic mass is 32.2. The van der Waals surface area contributed by atoms with Crippen molar-refractivity contribution >= 4 is 21.8 Å². The van der Waals surface area contributed by atoms with Crippen molar-refractivity contribution in [1.29, 1.82) is 0 Å². The number of nitrogens with zero attached hydrogens (tertiary/aromatic N) is 3. The van der Waals surface area contributed by atoms with Gasteiger partial charge in [-0.1, -0.05) is 18.2 Å². The van der Waals surface area contributed by atoms with Gasteiger partial charge in [0.05, 0.1) is 23.8 Å². The molecule has 9 heteroatoms. The van der Waals surface area contributed by atoms with Crippen molar-refractivity contribution in [2.75, 3.05) is 13.2 Å². The Bertz CT molecular complexity index is 1070. The summed E-state index contributed by atoms with van der Waals surface area (Å²) in [7, 11) is -3.60. The Morgan fingerprint density at radius 3 is 2.90 bits per heavy atom. The van der Waals surface area contributed by atoms with E-state index < -0.39 is 10.0 Å². The zero-order valence-corrected chi connectivity index (χ0v) is 17.3. The van der Waals surface area contributed by atoms with Crippen LogP contribution in [0.3, 0.4) is 0 Å². The van der Waals surface area contributed by atoms with Crippen LogP contribution >= 0.6 is 0 Å². The Morgan fingerprint density at radius 2 is 2.10 bits per heavy atom. The summed E-state index contributed by atoms with van der Waals surface area (Å²) in [6.07, 6.45) is 6.55. The van der Waals surface area contributed by atoms with Crippen LogP contribution in [0, 0.1) is 0 Å². The summed E-state index contributed by atoms with van der Waals surface area (Å²) in [6.45, 7) is 1.01. The number of ether oxygens (including phenoxy) is 1. The maximum Gasteiger partial charge on any atom is 0.259 e. The number of likely N-dealkylation sites (tertiary alicyclic amines) is 1. The molecule has 1 aromatic carbocycles. The first-order valence-corrected chi connectivity index (χ1v) is 11.6. The van der Waals surface area contributed by atoms with Gasteiger partial charge in [-0.05, 0) is 42.5 Å². The minimum absolute atomic E-state index is 0.0516. The lowest BCUT2D eigenvalue weighted by atomic mass is 10.0. The Balaban J connectivity index is 1.48. The molecule has 1 amide bonds. The molecule has 1 fully saturated rings. The van der Waals surface area contributed by atoms with Crippen molar-refractivity contribution in [3.63, 3.8) is 0 Å². The number of amidine groups is 1. The molecular formula is C21H24N4O4S. The number of fused-ring (bicyclic) bond motifs is 1. The first kappa shape index (κ1) is 20.3. The van der Waals surface area contributed by atoms with E-state index in [2.05, 4.69) is 9.38 Å². The molecule has 0 aliphatic carbocycles. The van der Waals surface area contributed by atoms with Crippen LogP contribution < -0.4 is 10.5 Å². The SMILES string of the molecule is NC1=NS(=O)(=O)Cc2cccc(OC[C@H]3CCCCN3C(=O)Cc3cccnc3)c21. The van der Waals surface area contributed by atoms with Gasteiger partial charge in [0.2, 0.25) is 5.91 Å². The van der Waals surface area contributed by atoms with Crippen LogP contribution in [0.5, 0.6) is 5.75 Å². The third-order valence-corrected chi connectivity index (χ3v) is 6.55. The van der Waals surface area contributed by atoms with E-state index in [0.717, 1.165) is 24.8 Å². The van der Waals surface area contributed by atoms with Gasteiger partial charge < -0.3 is 15.4 Å². The second-order valence-corrected chi connectivity index (χ2v) is 9.21. The summed E-state index contributed by atoms with van der Waals surface area (Å²) in [6, 6.07) is 8.88. The molecule has 0 bridgehead atoms. The maximum atomic E-state index is 12.9. The maximum absolute atomic E-state index is 12.9. The predicted octanol–water partition coefficient (Wildman–Crippen LogP) is 1.63. The molecule has 0 radical (unpaired) electrons. The minimum atomic E-state index is -3.60. The van der Waals surface area contributed by atoms with Crippen LogP contribution in [0.4, 0.5) is 0 Å². The van der Waals surface area contributed by atoms with Crippen molar-refractivity contribution in [2.45, 2.75) is 37.5 Å². The van der Waals surface area contributed by atoms with E-state index in [1.807, 2.05) is 17.0 Å². The first-order chi connectivity index (χ1) is 14.4. The second-order valence-electron chi connectivity index (χ2n) is 7.58. The molecule has 8 nitrogen and oxygen atoms in total. The van der Waals surface area contributed by atoms with Gasteiger partial charge in [-0.3, -0.25) is 9.78 Å². The zero-order valence-electron chi connectivity index (χ0n) is 16.5. The smallest absolute Gasteiger partial charge is 0.259 e. The molecule has 1 atom stereocenters. The van der Waals surface area contributed by atoms with Gasteiger partial charge in [0.15, 0.2) is 0 Å². The fraction of sp³-hybridized carbons (Fsp3) is 0.381. The van der Waals surface area contributed by atoms with Gasteiger partial charge in [-0.2, -0.15) is 0 Å². The van der Waals surface area contributed by atoms with Gasteiger partial charge in [0.25, 0.3) is 10.0 Å². The molecule has 2 aliphatic heterocycles. The van der Waals surface area contributed by atoms with E-state index in [1.165, 1.54) is 0 Å². The Morgan fingerprint density at radius 1 is 1.23 bits per heavy atom. The number of amides is 1. The molecule has 158 valence electrons. The molecule has 2 aliphatic rings. The number of hydrogen-bond donors (Lipinski definition) is 1. The van der Waals surface area contributed by atoms with E-state index in [0.29, 0.717) is 36.4 Å². The number of sulfonamides is 1. The number of carbonyl (C=O) groups is 1. The fourth-order valence-corrected chi connectivity index (χ4v) is 5.09. The monoisotopic (exact) mass is 428 g/mol. The number of nitrogens with two attached hydrogens (primary N) is 1. The Hall–Kier alpha value is -2.94. The van der Waals surface area contributed by atoms with E-state index in [4.69, 9.17) is 10.5 Å². The molecular weight excluding hydrogens is 404 g/mol. The molecule has 4 rings (SSSR count). The van der Waals surface area contributed by atoms with Crippen LogP contribution in [0.2, 0.25) is 0 Å². The zero-order chi connectivity index (χ0) is 21.1. The molecule has 0 saturated carbocycles. The average molecular weight is 429 g/mol. The van der Waals surface area contributed by atoms with Crippen molar-refractivity contribution in [1.82, 2.24) is 9.88 Å². The molecule has 30 heavy (non-hydrogen) atoms. The average Bonchev–Trinajstić information content (AvgIpc) is 2.72. The van der Waals surface area contributed by atoms with Crippen LogP contribution in [-0.4, -0.2) is 49.2 Å². The normalized spacial score (nSPS) is 20.2. The molecule has 2 aromatic rings. The number of aromatic nitrogens is 1. The number of carbonyl (C=O) groups excluding carboxylic acids is 1. The van der Waals surface area contributed by atoms with Crippen LogP contribution in [0.1, 0.15) is 36.0 Å². The Kier molecular flexibility index (Phi) is 5.72. The minimum Gasteiger partial charge on any atom is -0.491 e. The van der Waals surface area contributed by atoms with Crippen molar-refractivity contribution in [3.8, 4) is 5.75 Å². The fourth-order valence-electron chi connectivity index (χ4n) is 4.00. The van der Waals surface area contributed by atoms with E-state index in [1.54, 1.807) is 30.6 Å². The van der Waals surface area contributed by atoms with Crippen LogP contribution in [-0.2, 0) is 27.0 Å². The lowest BCUT2D eigenvalue weighted by Gasteiger charge is -2.36. The molecule has 0 unspecified atom stereocenters. The highest BCUT2D eigenvalue weighted by Gasteiger charge is 2.29. The van der Waals surface area contributed by atoms with Gasteiger partial charge in [0, 0.05) is 18.9 Å². The summed E-state index contributed by atoms with van der Waals surface area (Å²) < 4.78 is 33.4. The quantitative estimate of drug-likeness (QED) is 0.774. The molecule has 0 spiro atoms. The molecule has 1 saturated heterocycles. The highest BCUT2D eigenvalue weighted by Crippen LogP contribution is 2.29. The number of benzene rings is 1. The lowest BCUT2D eigenvalue weighted by molar-refractivity contribution is -0.134. The largest absolute Gasteiger partial charge is 0.491 e. The predicted molar refractivity (Wildman–Crippen MR) is 113 cm³/mol. The summed E-state index contributed by atoms with van der Waals surface area (Å²) in [5, 5.41) is 0. The number of rotatable bonds is 5. The van der Waals surface area contributed by atoms with Gasteiger partial charge in [0.1, 0.15) is 18.2 Å². The van der Waals surface area contributed by atoms with Crippen molar-refractivity contribution in [3.05, 3.63) is 59.4 Å². The third-order valence-electron chi connectivity index (χ3n) is 5.40. The topological polar surface area (TPSA) is 115 Å². The molecule has 1 aromatic heterocycles. The van der Waals surface area contributed by atoms with Gasteiger partial charge >= 0.3 is 0 Å². The van der Waals surface area contributed by atoms with E-state index in [9.17, 15) is 13.2 Å². The summed E-state index contributed by atoms with van der Waals surface area (Å²) >= 11 is 0. The standard InChI is InChI=1S/C21H24N4O4S/c22-21-20-16(14-30(27,28)24-21)6-3-8-18(20)29-13-17-7-1-2-10-25(17)19(26)11-15-5-4-9-23-12-15/h3-6,8-9,12,17H,1-2,7,10-11,13-14H2,(H2,22,24)/t17-/m1/s1. The summed E-state index contributed by atoms with van der Waals surface area (Å²) in [5.74, 6) is 0.298. The van der Waals surface area contributed by atoms with Crippen LogP contribution in [0.25, 0.3) is 0 Å². The number of piperidine rings is 1. The highest BCUT2D eigenvalue weighted by molar-refractivity contribution is 7.89. The van der Waals surface area contributed by atoms with Crippen molar-refractivity contribution in [2.24, 2.45) is 10.1 Å². The van der Waals surface area contributed by atoms with E-state index >= 15 is 0 Å². The van der Waals surface area contributed by atoms with E-state index in [-0.39, 0.29) is 23.5 Å². The molecule has 3 heterocycles. The van der Waals surface area contributed by atoms with Gasteiger partial charge in [-0.25, -0.2) is 8.42 Å².